The van der Waals surface area contributed by atoms with E-state index in [1.807, 2.05) is 0 Å². The van der Waals surface area contributed by atoms with Gasteiger partial charge in [0.05, 0.1) is 13.3 Å². The molecule has 1 rings (SSSR count). The molecule has 1 heterocycles. The van der Waals surface area contributed by atoms with Crippen LogP contribution < -0.4 is 0 Å². The maximum absolute atomic E-state index is 12.1. The van der Waals surface area contributed by atoms with E-state index in [1.165, 1.54) is 14.2 Å². The minimum Gasteiger partial charge on any atom is -0.274 e. The van der Waals surface area contributed by atoms with Crippen molar-refractivity contribution in [1.29, 1.82) is 0 Å². The normalized spacial score (nSPS) is 11.5. The highest BCUT2D eigenvalue weighted by molar-refractivity contribution is 7.13. The van der Waals surface area contributed by atoms with Crippen LogP contribution in [0.4, 0.5) is 13.2 Å². The molecule has 1 aromatic heterocycles. The van der Waals surface area contributed by atoms with Gasteiger partial charge in [0.2, 0.25) is 0 Å². The Morgan fingerprint density at radius 1 is 1.60 bits per heavy atom. The number of amides is 1. The van der Waals surface area contributed by atoms with E-state index in [1.54, 1.807) is 0 Å². The van der Waals surface area contributed by atoms with E-state index in [-0.39, 0.29) is 16.2 Å². The lowest BCUT2D eigenvalue weighted by molar-refractivity contribution is -0.137. The second kappa shape index (κ2) is 4.15. The molecule has 0 aliphatic heterocycles. The number of hydroxylamine groups is 2. The Morgan fingerprint density at radius 3 is 2.60 bits per heavy atom. The summed E-state index contributed by atoms with van der Waals surface area (Å²) in [5, 5.41) is -0.219. The number of hydrogen-bond acceptors (Lipinski definition) is 4. The highest BCUT2D eigenvalue weighted by Crippen LogP contribution is 2.32. The molecule has 0 saturated heterocycles. The number of alkyl halides is 3. The van der Waals surface area contributed by atoms with E-state index >= 15 is 0 Å². The van der Waals surface area contributed by atoms with Gasteiger partial charge in [-0.3, -0.25) is 9.63 Å². The van der Waals surface area contributed by atoms with Crippen molar-refractivity contribution in [2.45, 2.75) is 6.18 Å². The lowest BCUT2D eigenvalue weighted by atomic mass is 10.5. The largest absolute Gasteiger partial charge is 0.443 e. The Kier molecular flexibility index (Phi) is 3.30. The van der Waals surface area contributed by atoms with Gasteiger partial charge >= 0.3 is 6.18 Å². The number of halogens is 3. The SMILES string of the molecule is CON(C)C(=O)c1cnc(C(F)(F)F)s1. The molecule has 0 aromatic carbocycles. The number of thiazole rings is 1. The second-order valence-electron chi connectivity index (χ2n) is 2.51. The quantitative estimate of drug-likeness (QED) is 0.740. The number of hydrogen-bond donors (Lipinski definition) is 0. The van der Waals surface area contributed by atoms with Crippen LogP contribution in [0.3, 0.4) is 0 Å². The molecule has 0 saturated carbocycles. The first kappa shape index (κ1) is 11.9. The molecule has 0 fully saturated rings. The summed E-state index contributed by atoms with van der Waals surface area (Å²) in [6.45, 7) is 0. The molecule has 4 nitrogen and oxygen atoms in total. The van der Waals surface area contributed by atoms with Crippen LogP contribution in [0.5, 0.6) is 0 Å². The van der Waals surface area contributed by atoms with Crippen LogP contribution in [0.2, 0.25) is 0 Å². The third-order valence-electron chi connectivity index (χ3n) is 1.52. The lowest BCUT2D eigenvalue weighted by Crippen LogP contribution is -2.24. The third kappa shape index (κ3) is 2.66. The Morgan fingerprint density at radius 2 is 2.20 bits per heavy atom. The number of nitrogens with zero attached hydrogens (tertiary/aromatic N) is 2. The maximum Gasteiger partial charge on any atom is 0.443 e. The van der Waals surface area contributed by atoms with Crippen molar-refractivity contribution < 1.29 is 22.8 Å². The molecule has 1 aromatic rings. The number of carbonyl (C=O) groups is 1. The number of aromatic nitrogens is 1. The zero-order valence-corrected chi connectivity index (χ0v) is 8.65. The fourth-order valence-electron chi connectivity index (χ4n) is 0.742. The van der Waals surface area contributed by atoms with Gasteiger partial charge in [-0.15, -0.1) is 11.3 Å². The van der Waals surface area contributed by atoms with Crippen LogP contribution >= 0.6 is 11.3 Å². The topological polar surface area (TPSA) is 42.4 Å². The molecule has 1 amide bonds. The Hall–Kier alpha value is -1.15. The predicted molar refractivity (Wildman–Crippen MR) is 46.2 cm³/mol. The van der Waals surface area contributed by atoms with Crippen LogP contribution in [-0.2, 0) is 11.0 Å². The Balaban J connectivity index is 2.90. The Labute approximate surface area is 87.2 Å². The van der Waals surface area contributed by atoms with Crippen molar-refractivity contribution in [3.63, 3.8) is 0 Å². The van der Waals surface area contributed by atoms with Crippen LogP contribution in [0.15, 0.2) is 6.20 Å². The van der Waals surface area contributed by atoms with Crippen molar-refractivity contribution >= 4 is 17.2 Å². The van der Waals surface area contributed by atoms with Crippen LogP contribution in [-0.4, -0.2) is 30.1 Å². The first-order chi connectivity index (χ1) is 6.86. The molecule has 0 spiro atoms. The molecule has 84 valence electrons. The third-order valence-corrected chi connectivity index (χ3v) is 2.55. The van der Waals surface area contributed by atoms with Gasteiger partial charge in [-0.25, -0.2) is 10.0 Å². The molecule has 8 heteroatoms. The molecule has 0 N–H and O–H groups in total. The predicted octanol–water partition coefficient (Wildman–Crippen LogP) is 1.80. The summed E-state index contributed by atoms with van der Waals surface area (Å²) in [6, 6.07) is 0. The van der Waals surface area contributed by atoms with Gasteiger partial charge in [0.15, 0.2) is 5.01 Å². The minimum absolute atomic E-state index is 0.119. The van der Waals surface area contributed by atoms with Crippen molar-refractivity contribution in [3.8, 4) is 0 Å². The monoisotopic (exact) mass is 240 g/mol. The van der Waals surface area contributed by atoms with Gasteiger partial charge < -0.3 is 0 Å². The van der Waals surface area contributed by atoms with E-state index in [0.29, 0.717) is 0 Å². The van der Waals surface area contributed by atoms with Crippen molar-refractivity contribution in [2.24, 2.45) is 0 Å². The molecule has 0 radical (unpaired) electrons. The first-order valence-electron chi connectivity index (χ1n) is 3.71. The van der Waals surface area contributed by atoms with Crippen LogP contribution in [0.25, 0.3) is 0 Å². The van der Waals surface area contributed by atoms with Gasteiger partial charge in [0.1, 0.15) is 4.88 Å². The molecule has 0 aliphatic carbocycles. The van der Waals surface area contributed by atoms with E-state index in [9.17, 15) is 18.0 Å². The van der Waals surface area contributed by atoms with E-state index in [0.717, 1.165) is 11.3 Å². The van der Waals surface area contributed by atoms with Gasteiger partial charge in [-0.1, -0.05) is 0 Å². The van der Waals surface area contributed by atoms with E-state index < -0.39 is 17.1 Å². The number of rotatable bonds is 2. The van der Waals surface area contributed by atoms with Crippen LogP contribution in [0, 0.1) is 0 Å². The second-order valence-corrected chi connectivity index (χ2v) is 3.54. The van der Waals surface area contributed by atoms with E-state index in [4.69, 9.17) is 0 Å². The maximum atomic E-state index is 12.1. The van der Waals surface area contributed by atoms with Crippen molar-refractivity contribution in [1.82, 2.24) is 10.0 Å². The average molecular weight is 240 g/mol. The van der Waals surface area contributed by atoms with Gasteiger partial charge in [0.25, 0.3) is 5.91 Å². The highest BCUT2D eigenvalue weighted by Gasteiger charge is 2.35. The fraction of sp³-hybridized carbons (Fsp3) is 0.429. The summed E-state index contributed by atoms with van der Waals surface area (Å²) >= 11 is 0.284. The summed E-state index contributed by atoms with van der Waals surface area (Å²) < 4.78 is 36.4. The molecule has 0 aliphatic rings. The van der Waals surface area contributed by atoms with Crippen LogP contribution in [0.1, 0.15) is 14.7 Å². The average Bonchev–Trinajstić information content (AvgIpc) is 2.63. The summed E-state index contributed by atoms with van der Waals surface area (Å²) in [5.41, 5.74) is 0. The zero-order chi connectivity index (χ0) is 11.6. The zero-order valence-electron chi connectivity index (χ0n) is 7.83. The number of carbonyl (C=O) groups excluding carboxylic acids is 1. The highest BCUT2D eigenvalue weighted by atomic mass is 32.1. The van der Waals surface area contributed by atoms with Crippen molar-refractivity contribution in [3.05, 3.63) is 16.1 Å². The molecule has 0 unspecified atom stereocenters. The molecular weight excluding hydrogens is 233 g/mol. The molecule has 0 atom stereocenters. The minimum atomic E-state index is -4.52. The Bertz CT molecular complexity index is 363. The van der Waals surface area contributed by atoms with Gasteiger partial charge in [0, 0.05) is 7.05 Å². The molecule has 15 heavy (non-hydrogen) atoms. The first-order valence-corrected chi connectivity index (χ1v) is 4.53. The smallest absolute Gasteiger partial charge is 0.274 e. The standard InChI is InChI=1S/C7H7F3N2O2S/c1-12(14-2)5(13)4-3-11-6(15-4)7(8,9)10/h3H,1-2H3. The fourth-order valence-corrected chi connectivity index (χ4v) is 1.49. The summed E-state index contributed by atoms with van der Waals surface area (Å²) in [5.74, 6) is -0.662. The van der Waals surface area contributed by atoms with Crippen molar-refractivity contribution in [2.75, 3.05) is 14.2 Å². The molecular formula is C7H7F3N2O2S. The summed E-state index contributed by atoms with van der Waals surface area (Å²) in [6.07, 6.45) is -3.64. The summed E-state index contributed by atoms with van der Waals surface area (Å²) in [7, 11) is 2.54. The van der Waals surface area contributed by atoms with Gasteiger partial charge in [-0.05, 0) is 0 Å². The van der Waals surface area contributed by atoms with Gasteiger partial charge in [-0.2, -0.15) is 13.2 Å². The lowest BCUT2D eigenvalue weighted by Gasteiger charge is -2.11. The van der Waals surface area contributed by atoms with E-state index in [2.05, 4.69) is 9.82 Å². The summed E-state index contributed by atoms with van der Waals surface area (Å²) in [4.78, 5) is 18.9. The molecule has 0 bridgehead atoms.